The number of fused-ring (bicyclic) bond motifs is 1. The second-order valence-electron chi connectivity index (χ2n) is 5.69. The van der Waals surface area contributed by atoms with Crippen molar-refractivity contribution in [3.8, 4) is 0 Å². The minimum atomic E-state index is -0.536. The van der Waals surface area contributed by atoms with E-state index in [9.17, 15) is 9.59 Å². The maximum Gasteiger partial charge on any atom is 0.407 e. The molecule has 0 aliphatic heterocycles. The van der Waals surface area contributed by atoms with Crippen LogP contribution in [0, 0.1) is 0 Å². The van der Waals surface area contributed by atoms with E-state index in [-0.39, 0.29) is 5.56 Å². The molecule has 2 rings (SSSR count). The highest BCUT2D eigenvalue weighted by molar-refractivity contribution is 5.76. The van der Waals surface area contributed by atoms with E-state index in [2.05, 4.69) is 10.3 Å². The summed E-state index contributed by atoms with van der Waals surface area (Å²) in [5.74, 6) is 0. The van der Waals surface area contributed by atoms with Crippen molar-refractivity contribution in [3.05, 3.63) is 40.9 Å². The van der Waals surface area contributed by atoms with Gasteiger partial charge in [0.05, 0.1) is 17.2 Å². The first-order valence-corrected chi connectivity index (χ1v) is 6.78. The summed E-state index contributed by atoms with van der Waals surface area (Å²) in [5.41, 5.74) is 0.0104. The van der Waals surface area contributed by atoms with Gasteiger partial charge in [0.1, 0.15) is 5.60 Å². The lowest BCUT2D eigenvalue weighted by atomic mass is 10.2. The fourth-order valence-electron chi connectivity index (χ4n) is 1.86. The number of hydrogen-bond donors (Lipinski definition) is 1. The fourth-order valence-corrected chi connectivity index (χ4v) is 1.86. The number of nitrogens with zero attached hydrogens (tertiary/aromatic N) is 2. The van der Waals surface area contributed by atoms with Crippen molar-refractivity contribution in [1.29, 1.82) is 0 Å². The first-order chi connectivity index (χ1) is 9.87. The van der Waals surface area contributed by atoms with Crippen molar-refractivity contribution in [2.75, 3.05) is 6.54 Å². The molecule has 0 spiro atoms. The molecule has 0 radical (unpaired) electrons. The molecule has 1 N–H and O–H groups in total. The Kier molecular flexibility index (Phi) is 4.26. The lowest BCUT2D eigenvalue weighted by Crippen LogP contribution is -2.35. The Morgan fingerprint density at radius 2 is 2.05 bits per heavy atom. The van der Waals surface area contributed by atoms with Crippen LogP contribution in [0.15, 0.2) is 35.4 Å². The van der Waals surface area contributed by atoms with Crippen LogP contribution in [-0.4, -0.2) is 27.8 Å². The summed E-state index contributed by atoms with van der Waals surface area (Å²) in [4.78, 5) is 27.9. The third-order valence-corrected chi connectivity index (χ3v) is 2.75. The molecule has 21 heavy (non-hydrogen) atoms. The van der Waals surface area contributed by atoms with Crippen molar-refractivity contribution < 1.29 is 9.53 Å². The monoisotopic (exact) mass is 289 g/mol. The van der Waals surface area contributed by atoms with Crippen LogP contribution >= 0.6 is 0 Å². The second-order valence-corrected chi connectivity index (χ2v) is 5.69. The number of para-hydroxylation sites is 1. The quantitative estimate of drug-likeness (QED) is 0.937. The van der Waals surface area contributed by atoms with Crippen LogP contribution in [0.5, 0.6) is 0 Å². The van der Waals surface area contributed by atoms with Gasteiger partial charge in [-0.2, -0.15) is 0 Å². The summed E-state index contributed by atoms with van der Waals surface area (Å²) in [7, 11) is 0. The summed E-state index contributed by atoms with van der Waals surface area (Å²) in [5, 5.41) is 3.18. The minimum Gasteiger partial charge on any atom is -0.444 e. The summed E-state index contributed by atoms with van der Waals surface area (Å²) in [6, 6.07) is 7.17. The Morgan fingerprint density at radius 3 is 2.76 bits per heavy atom. The van der Waals surface area contributed by atoms with E-state index in [0.29, 0.717) is 24.0 Å². The number of carbonyl (C=O) groups excluding carboxylic acids is 1. The Bertz CT molecular complexity index is 701. The average Bonchev–Trinajstić information content (AvgIpc) is 2.40. The van der Waals surface area contributed by atoms with Crippen LogP contribution < -0.4 is 10.9 Å². The van der Waals surface area contributed by atoms with Gasteiger partial charge < -0.3 is 10.1 Å². The number of carbonyl (C=O) groups is 1. The van der Waals surface area contributed by atoms with Gasteiger partial charge in [0.2, 0.25) is 0 Å². The van der Waals surface area contributed by atoms with Gasteiger partial charge >= 0.3 is 6.09 Å². The van der Waals surface area contributed by atoms with Crippen LogP contribution in [0.4, 0.5) is 4.79 Å². The standard InChI is InChI=1S/C15H19N3O3/c1-15(2,3)21-14(20)16-8-9-18-10-17-12-7-5-4-6-11(12)13(18)19/h4-7,10H,8-9H2,1-3H3,(H,16,20). The molecule has 6 heteroatoms. The predicted octanol–water partition coefficient (Wildman–Crippen LogP) is 1.92. The number of nitrogens with one attached hydrogen (secondary N) is 1. The van der Waals surface area contributed by atoms with Gasteiger partial charge in [0.25, 0.3) is 5.56 Å². The highest BCUT2D eigenvalue weighted by atomic mass is 16.6. The fraction of sp³-hybridized carbons (Fsp3) is 0.400. The lowest BCUT2D eigenvalue weighted by Gasteiger charge is -2.19. The summed E-state index contributed by atoms with van der Waals surface area (Å²) < 4.78 is 6.59. The molecule has 0 saturated heterocycles. The summed E-state index contributed by atoms with van der Waals surface area (Å²) in [6.07, 6.45) is 0.992. The van der Waals surface area contributed by atoms with Crippen molar-refractivity contribution in [1.82, 2.24) is 14.9 Å². The smallest absolute Gasteiger partial charge is 0.407 e. The molecule has 0 saturated carbocycles. The number of hydrogen-bond acceptors (Lipinski definition) is 4. The zero-order valence-corrected chi connectivity index (χ0v) is 12.4. The number of benzene rings is 1. The third kappa shape index (κ3) is 4.05. The van der Waals surface area contributed by atoms with Crippen LogP contribution in [0.1, 0.15) is 20.8 Å². The Morgan fingerprint density at radius 1 is 1.33 bits per heavy atom. The van der Waals surface area contributed by atoms with Crippen LogP contribution in [0.3, 0.4) is 0 Å². The number of alkyl carbamates (subject to hydrolysis) is 1. The van der Waals surface area contributed by atoms with Crippen LogP contribution in [0.2, 0.25) is 0 Å². The van der Waals surface area contributed by atoms with Gasteiger partial charge in [-0.05, 0) is 32.9 Å². The first kappa shape index (κ1) is 15.0. The van der Waals surface area contributed by atoms with Gasteiger partial charge in [0, 0.05) is 13.1 Å². The third-order valence-electron chi connectivity index (χ3n) is 2.75. The number of ether oxygens (including phenoxy) is 1. The molecule has 1 aromatic heterocycles. The summed E-state index contributed by atoms with van der Waals surface area (Å²) in [6.45, 7) is 6.03. The van der Waals surface area contributed by atoms with E-state index in [1.54, 1.807) is 39.0 Å². The van der Waals surface area contributed by atoms with E-state index in [1.807, 2.05) is 6.07 Å². The van der Waals surface area contributed by atoms with Crippen molar-refractivity contribution in [2.24, 2.45) is 0 Å². The van der Waals surface area contributed by atoms with Crippen LogP contribution in [0.25, 0.3) is 10.9 Å². The summed E-state index contributed by atoms with van der Waals surface area (Å²) >= 11 is 0. The molecule has 0 fully saturated rings. The van der Waals surface area contributed by atoms with E-state index < -0.39 is 11.7 Å². The molecule has 0 aliphatic carbocycles. The molecule has 6 nitrogen and oxygen atoms in total. The SMILES string of the molecule is CC(C)(C)OC(=O)NCCn1cnc2ccccc2c1=O. The van der Waals surface area contributed by atoms with Gasteiger partial charge in [-0.3, -0.25) is 9.36 Å². The molecule has 0 unspecified atom stereocenters. The Labute approximate surface area is 122 Å². The van der Waals surface area contributed by atoms with Crippen molar-refractivity contribution in [2.45, 2.75) is 32.9 Å². The molecule has 1 amide bonds. The molecule has 0 bridgehead atoms. The second kappa shape index (κ2) is 5.95. The topological polar surface area (TPSA) is 73.2 Å². The first-order valence-electron chi connectivity index (χ1n) is 6.78. The van der Waals surface area contributed by atoms with Crippen molar-refractivity contribution >= 4 is 17.0 Å². The Hall–Kier alpha value is -2.37. The van der Waals surface area contributed by atoms with E-state index in [0.717, 1.165) is 0 Å². The molecular weight excluding hydrogens is 270 g/mol. The molecule has 112 valence electrons. The molecule has 2 aromatic rings. The largest absolute Gasteiger partial charge is 0.444 e. The predicted molar refractivity (Wildman–Crippen MR) is 80.2 cm³/mol. The zero-order chi connectivity index (χ0) is 15.5. The Balaban J connectivity index is 2.00. The molecule has 0 atom stereocenters. The highest BCUT2D eigenvalue weighted by Crippen LogP contribution is 2.06. The number of aromatic nitrogens is 2. The van der Waals surface area contributed by atoms with E-state index >= 15 is 0 Å². The molecular formula is C15H19N3O3. The van der Waals surface area contributed by atoms with Gasteiger partial charge in [-0.25, -0.2) is 9.78 Å². The van der Waals surface area contributed by atoms with E-state index in [1.165, 1.54) is 10.9 Å². The number of rotatable bonds is 3. The van der Waals surface area contributed by atoms with Crippen molar-refractivity contribution in [3.63, 3.8) is 0 Å². The molecule has 1 heterocycles. The minimum absolute atomic E-state index is 0.119. The van der Waals surface area contributed by atoms with Gasteiger partial charge in [-0.1, -0.05) is 12.1 Å². The average molecular weight is 289 g/mol. The van der Waals surface area contributed by atoms with Gasteiger partial charge in [-0.15, -0.1) is 0 Å². The van der Waals surface area contributed by atoms with Gasteiger partial charge in [0.15, 0.2) is 0 Å². The maximum atomic E-state index is 12.2. The zero-order valence-electron chi connectivity index (χ0n) is 12.4. The normalized spacial score (nSPS) is 11.4. The lowest BCUT2D eigenvalue weighted by molar-refractivity contribution is 0.0526. The van der Waals surface area contributed by atoms with E-state index in [4.69, 9.17) is 4.74 Å². The maximum absolute atomic E-state index is 12.2. The van der Waals surface area contributed by atoms with Crippen LogP contribution in [-0.2, 0) is 11.3 Å². The number of amides is 1. The highest BCUT2D eigenvalue weighted by Gasteiger charge is 2.15. The molecule has 1 aromatic carbocycles. The molecule has 0 aliphatic rings.